The summed E-state index contributed by atoms with van der Waals surface area (Å²) in [5, 5.41) is 9.25. The topological polar surface area (TPSA) is 71.2 Å². The molecule has 30 heavy (non-hydrogen) atoms. The molecule has 0 saturated heterocycles. The van der Waals surface area contributed by atoms with Crippen molar-refractivity contribution < 1.29 is 14.3 Å². The molecule has 2 aromatic heterocycles. The highest BCUT2D eigenvalue weighted by Gasteiger charge is 2.27. The van der Waals surface area contributed by atoms with Crippen molar-refractivity contribution in [3.05, 3.63) is 53.1 Å². The number of hydrogen-bond donors (Lipinski definition) is 0. The lowest BCUT2D eigenvalue weighted by molar-refractivity contribution is 0.0825. The summed E-state index contributed by atoms with van der Waals surface area (Å²) < 4.78 is 15.9. The number of benzene rings is 1. The molecule has 0 N–H and O–H groups in total. The fraction of sp³-hybridized carbons (Fsp3) is 0.409. The van der Waals surface area contributed by atoms with Gasteiger partial charge in [-0.05, 0) is 38.5 Å². The molecule has 1 aromatic carbocycles. The number of aromatic nitrogens is 4. The average Bonchev–Trinajstić information content (AvgIpc) is 3.26. The summed E-state index contributed by atoms with van der Waals surface area (Å²) in [5.74, 6) is 2.53. The molecule has 0 amide bonds. The Bertz CT molecular complexity index is 1070. The number of carbonyl (C=O) groups is 1. The van der Waals surface area contributed by atoms with Crippen LogP contribution in [0.25, 0.3) is 0 Å². The molecule has 0 aliphatic carbocycles. The van der Waals surface area contributed by atoms with Gasteiger partial charge >= 0.3 is 0 Å². The van der Waals surface area contributed by atoms with Crippen LogP contribution in [-0.2, 0) is 13.6 Å². The van der Waals surface area contributed by atoms with Gasteiger partial charge in [0.05, 0.1) is 5.75 Å². The number of hydrogen-bond acceptors (Lipinski definition) is 6. The molecule has 1 aliphatic heterocycles. The van der Waals surface area contributed by atoms with E-state index in [1.165, 1.54) is 11.8 Å². The maximum atomic E-state index is 12.8. The van der Waals surface area contributed by atoms with Gasteiger partial charge in [0.15, 0.2) is 34.4 Å². The van der Waals surface area contributed by atoms with E-state index in [-0.39, 0.29) is 11.9 Å². The molecule has 4 rings (SSSR count). The number of carbonyl (C=O) groups excluding carboxylic acids is 1. The van der Waals surface area contributed by atoms with Crippen LogP contribution < -0.4 is 9.47 Å². The van der Waals surface area contributed by atoms with Crippen LogP contribution in [0.4, 0.5) is 0 Å². The van der Waals surface area contributed by atoms with Crippen LogP contribution in [-0.4, -0.2) is 37.5 Å². The third-order valence-corrected chi connectivity index (χ3v) is 6.34. The Kier molecular flexibility index (Phi) is 5.85. The Morgan fingerprint density at radius 1 is 1.23 bits per heavy atom. The molecule has 0 saturated carbocycles. The van der Waals surface area contributed by atoms with Gasteiger partial charge in [-0.2, -0.15) is 0 Å². The van der Waals surface area contributed by atoms with Crippen LogP contribution in [0.2, 0.25) is 0 Å². The van der Waals surface area contributed by atoms with Gasteiger partial charge in [0, 0.05) is 30.5 Å². The Morgan fingerprint density at radius 2 is 2.00 bits per heavy atom. The van der Waals surface area contributed by atoms with Crippen molar-refractivity contribution in [1.82, 2.24) is 19.3 Å². The first-order chi connectivity index (χ1) is 14.5. The molecule has 0 spiro atoms. The van der Waals surface area contributed by atoms with Gasteiger partial charge < -0.3 is 18.6 Å². The van der Waals surface area contributed by atoms with E-state index in [2.05, 4.69) is 21.7 Å². The second-order valence-electron chi connectivity index (χ2n) is 7.41. The van der Waals surface area contributed by atoms with E-state index in [0.717, 1.165) is 35.7 Å². The maximum Gasteiger partial charge on any atom is 0.192 e. The number of para-hydroxylation sites is 2. The lowest BCUT2D eigenvalue weighted by Gasteiger charge is -2.25. The van der Waals surface area contributed by atoms with Crippen LogP contribution >= 0.6 is 11.8 Å². The molecule has 1 atom stereocenters. The highest BCUT2D eigenvalue weighted by molar-refractivity contribution is 7.99. The van der Waals surface area contributed by atoms with Gasteiger partial charge in [0.2, 0.25) is 0 Å². The van der Waals surface area contributed by atoms with Crippen LogP contribution in [0.3, 0.4) is 0 Å². The molecule has 7 nitrogen and oxygen atoms in total. The zero-order valence-electron chi connectivity index (χ0n) is 17.7. The molecule has 0 fully saturated rings. The SMILES string of the molecule is CCCn1c(C)cc(C(=O)CSc2nnc([C@H]3COc4ccccc4O3)n2C)c1C. The predicted octanol–water partition coefficient (Wildman–Crippen LogP) is 4.13. The summed E-state index contributed by atoms with van der Waals surface area (Å²) in [6.45, 7) is 7.50. The molecule has 8 heteroatoms. The Labute approximate surface area is 180 Å². The van der Waals surface area contributed by atoms with Crippen molar-refractivity contribution in [2.45, 2.75) is 45.0 Å². The monoisotopic (exact) mass is 426 g/mol. The minimum absolute atomic E-state index is 0.103. The first kappa shape index (κ1) is 20.5. The second kappa shape index (κ2) is 8.55. The van der Waals surface area contributed by atoms with Crippen LogP contribution in [0.1, 0.15) is 47.0 Å². The van der Waals surface area contributed by atoms with Crippen LogP contribution in [0.5, 0.6) is 11.5 Å². The van der Waals surface area contributed by atoms with Crippen LogP contribution in [0, 0.1) is 13.8 Å². The number of rotatable bonds is 7. The van der Waals surface area contributed by atoms with Crippen molar-refractivity contribution in [2.75, 3.05) is 12.4 Å². The largest absolute Gasteiger partial charge is 0.485 e. The molecule has 1 aliphatic rings. The maximum absolute atomic E-state index is 12.8. The van der Waals surface area contributed by atoms with E-state index >= 15 is 0 Å². The summed E-state index contributed by atoms with van der Waals surface area (Å²) in [6.07, 6.45) is 0.702. The summed E-state index contributed by atoms with van der Waals surface area (Å²) >= 11 is 1.39. The minimum Gasteiger partial charge on any atom is -0.485 e. The number of thioether (sulfide) groups is 1. The zero-order valence-corrected chi connectivity index (χ0v) is 18.5. The van der Waals surface area contributed by atoms with E-state index in [4.69, 9.17) is 9.47 Å². The highest BCUT2D eigenvalue weighted by atomic mass is 32.2. The van der Waals surface area contributed by atoms with Gasteiger partial charge in [0.1, 0.15) is 6.61 Å². The highest BCUT2D eigenvalue weighted by Crippen LogP contribution is 2.35. The molecular formula is C22H26N4O3S. The number of ether oxygens (including phenoxy) is 2. The number of aryl methyl sites for hydroxylation is 1. The van der Waals surface area contributed by atoms with Crippen molar-refractivity contribution in [3.8, 4) is 11.5 Å². The molecular weight excluding hydrogens is 400 g/mol. The summed E-state index contributed by atoms with van der Waals surface area (Å²) in [4.78, 5) is 12.8. The van der Waals surface area contributed by atoms with E-state index in [1.807, 2.05) is 55.8 Å². The lowest BCUT2D eigenvalue weighted by atomic mass is 10.2. The molecule has 0 bridgehead atoms. The van der Waals surface area contributed by atoms with Crippen molar-refractivity contribution in [3.63, 3.8) is 0 Å². The van der Waals surface area contributed by atoms with E-state index in [0.29, 0.717) is 29.1 Å². The molecule has 3 aromatic rings. The standard InChI is InChI=1S/C22H26N4O3S/c1-5-10-26-14(2)11-16(15(26)3)17(27)13-30-22-24-23-21(25(22)4)20-12-28-18-8-6-7-9-19(18)29-20/h6-9,11,20H,5,10,12-13H2,1-4H3/t20-/m1/s1. The molecule has 0 radical (unpaired) electrons. The first-order valence-corrected chi connectivity index (χ1v) is 11.1. The zero-order chi connectivity index (χ0) is 21.3. The minimum atomic E-state index is -0.338. The summed E-state index contributed by atoms with van der Waals surface area (Å²) in [5.41, 5.74) is 2.94. The number of fused-ring (bicyclic) bond motifs is 1. The smallest absolute Gasteiger partial charge is 0.192 e. The second-order valence-corrected chi connectivity index (χ2v) is 8.35. The van der Waals surface area contributed by atoms with E-state index < -0.39 is 0 Å². The van der Waals surface area contributed by atoms with Gasteiger partial charge in [-0.3, -0.25) is 4.79 Å². The van der Waals surface area contributed by atoms with Gasteiger partial charge in [-0.15, -0.1) is 10.2 Å². The van der Waals surface area contributed by atoms with Crippen molar-refractivity contribution >= 4 is 17.5 Å². The van der Waals surface area contributed by atoms with Gasteiger partial charge in [0.25, 0.3) is 0 Å². The fourth-order valence-corrected chi connectivity index (χ4v) is 4.54. The molecule has 158 valence electrons. The Morgan fingerprint density at radius 3 is 2.77 bits per heavy atom. The quantitative estimate of drug-likeness (QED) is 0.418. The van der Waals surface area contributed by atoms with E-state index in [9.17, 15) is 4.79 Å². The fourth-order valence-electron chi connectivity index (χ4n) is 3.74. The third-order valence-electron chi connectivity index (χ3n) is 5.32. The Balaban J connectivity index is 1.44. The average molecular weight is 427 g/mol. The van der Waals surface area contributed by atoms with Gasteiger partial charge in [-0.1, -0.05) is 30.8 Å². The normalized spacial score (nSPS) is 15.4. The summed E-state index contributed by atoms with van der Waals surface area (Å²) in [7, 11) is 1.89. The summed E-state index contributed by atoms with van der Waals surface area (Å²) in [6, 6.07) is 9.57. The molecule has 3 heterocycles. The molecule has 0 unspecified atom stereocenters. The van der Waals surface area contributed by atoms with Crippen molar-refractivity contribution in [1.29, 1.82) is 0 Å². The lowest BCUT2D eigenvalue weighted by Crippen LogP contribution is -2.24. The predicted molar refractivity (Wildman–Crippen MR) is 116 cm³/mol. The number of nitrogens with zero attached hydrogens (tertiary/aromatic N) is 4. The third kappa shape index (κ3) is 3.84. The number of ketones is 1. The van der Waals surface area contributed by atoms with Crippen molar-refractivity contribution in [2.24, 2.45) is 7.05 Å². The Hall–Kier alpha value is -2.74. The van der Waals surface area contributed by atoms with Crippen LogP contribution in [0.15, 0.2) is 35.5 Å². The van der Waals surface area contributed by atoms with Gasteiger partial charge in [-0.25, -0.2) is 0 Å². The van der Waals surface area contributed by atoms with E-state index in [1.54, 1.807) is 0 Å². The number of Topliss-reactive ketones (excluding diaryl/α,β-unsaturated/α-hetero) is 1. The first-order valence-electron chi connectivity index (χ1n) is 10.1.